The van der Waals surface area contributed by atoms with E-state index in [2.05, 4.69) is 15.5 Å². The van der Waals surface area contributed by atoms with Crippen LogP contribution >= 0.6 is 22.9 Å². The van der Waals surface area contributed by atoms with Crippen LogP contribution in [-0.4, -0.2) is 38.2 Å². The number of ether oxygens (including phenoxy) is 1. The maximum Gasteiger partial charge on any atom is 0.270 e. The molecule has 11 heteroatoms. The number of hydrogen-bond donors (Lipinski definition) is 1. The predicted octanol–water partition coefficient (Wildman–Crippen LogP) is 4.70. The molecule has 1 N–H and O–H groups in total. The third-order valence-corrected chi connectivity index (χ3v) is 7.84. The summed E-state index contributed by atoms with van der Waals surface area (Å²) in [4.78, 5) is 12.6. The summed E-state index contributed by atoms with van der Waals surface area (Å²) in [5, 5.41) is 11.3. The predicted molar refractivity (Wildman–Crippen MR) is 136 cm³/mol. The lowest BCUT2D eigenvalue weighted by Crippen LogP contribution is -2.27. The molecule has 4 aromatic rings. The van der Waals surface area contributed by atoms with Crippen LogP contribution in [0.15, 0.2) is 83.2 Å². The molecule has 0 aliphatic rings. The van der Waals surface area contributed by atoms with E-state index >= 15 is 0 Å². The molecule has 0 spiro atoms. The molecule has 0 aliphatic carbocycles. The van der Waals surface area contributed by atoms with Crippen LogP contribution in [0.3, 0.4) is 0 Å². The van der Waals surface area contributed by atoms with Gasteiger partial charge in [-0.3, -0.25) is 4.79 Å². The van der Waals surface area contributed by atoms with Crippen LogP contribution in [0, 0.1) is 0 Å². The average Bonchev–Trinajstić information content (AvgIpc) is 3.39. The standard InChI is InChI=1S/C24H21ClN4O4S2/c1-33-22-12-9-18(25)15-21(22)23(30)26-14-13-17-7-10-20(11-8-17)35(31,32)29(24-28-27-16-34-24)19-5-3-2-4-6-19/h2-12,15-16H,13-14H2,1H3,(H,26,30). The minimum atomic E-state index is -3.93. The van der Waals surface area contributed by atoms with Crippen molar-refractivity contribution in [3.05, 3.63) is 94.5 Å². The molecular weight excluding hydrogens is 508 g/mol. The largest absolute Gasteiger partial charge is 0.496 e. The van der Waals surface area contributed by atoms with Gasteiger partial charge in [-0.1, -0.05) is 53.3 Å². The quantitative estimate of drug-likeness (QED) is 0.338. The zero-order valence-corrected chi connectivity index (χ0v) is 21.0. The Kier molecular flexibility index (Phi) is 7.64. The fourth-order valence-corrected chi connectivity index (χ4v) is 5.79. The summed E-state index contributed by atoms with van der Waals surface area (Å²) in [6, 6.07) is 20.1. The Balaban J connectivity index is 1.46. The molecule has 0 radical (unpaired) electrons. The zero-order valence-electron chi connectivity index (χ0n) is 18.6. The fourth-order valence-electron chi connectivity index (χ4n) is 3.38. The van der Waals surface area contributed by atoms with Gasteiger partial charge < -0.3 is 10.1 Å². The first-order valence-corrected chi connectivity index (χ1v) is 13.2. The van der Waals surface area contributed by atoms with Gasteiger partial charge in [0, 0.05) is 11.6 Å². The number of amides is 1. The molecule has 180 valence electrons. The molecule has 35 heavy (non-hydrogen) atoms. The van der Waals surface area contributed by atoms with Crippen molar-refractivity contribution in [3.63, 3.8) is 0 Å². The van der Waals surface area contributed by atoms with Crippen molar-refractivity contribution in [2.24, 2.45) is 0 Å². The Labute approximate surface area is 212 Å². The van der Waals surface area contributed by atoms with Crippen molar-refractivity contribution in [2.45, 2.75) is 11.3 Å². The molecule has 0 saturated heterocycles. The van der Waals surface area contributed by atoms with Crippen LogP contribution in [0.5, 0.6) is 5.75 Å². The van der Waals surface area contributed by atoms with Crippen LogP contribution < -0.4 is 14.4 Å². The second kappa shape index (κ2) is 10.9. The highest BCUT2D eigenvalue weighted by Gasteiger charge is 2.29. The van der Waals surface area contributed by atoms with E-state index in [4.69, 9.17) is 16.3 Å². The minimum Gasteiger partial charge on any atom is -0.496 e. The monoisotopic (exact) mass is 528 g/mol. The van der Waals surface area contributed by atoms with Gasteiger partial charge in [0.1, 0.15) is 11.3 Å². The second-order valence-corrected chi connectivity index (χ2v) is 10.4. The van der Waals surface area contributed by atoms with Gasteiger partial charge in [-0.15, -0.1) is 10.2 Å². The van der Waals surface area contributed by atoms with E-state index in [0.717, 1.165) is 16.9 Å². The van der Waals surface area contributed by atoms with Crippen molar-refractivity contribution in [1.82, 2.24) is 15.5 Å². The summed E-state index contributed by atoms with van der Waals surface area (Å²) in [5.41, 5.74) is 3.16. The van der Waals surface area contributed by atoms with Gasteiger partial charge in [-0.05, 0) is 54.4 Å². The molecule has 1 aromatic heterocycles. The number of benzene rings is 3. The molecule has 0 aliphatic heterocycles. The van der Waals surface area contributed by atoms with Crippen LogP contribution in [0.1, 0.15) is 15.9 Å². The average molecular weight is 529 g/mol. The summed E-state index contributed by atoms with van der Waals surface area (Å²) in [7, 11) is -2.44. The third-order valence-electron chi connectivity index (χ3n) is 5.08. The van der Waals surface area contributed by atoms with Crippen molar-refractivity contribution < 1.29 is 17.9 Å². The summed E-state index contributed by atoms with van der Waals surface area (Å²) >= 11 is 7.13. The van der Waals surface area contributed by atoms with Crippen LogP contribution in [0.25, 0.3) is 0 Å². The molecule has 0 atom stereocenters. The van der Waals surface area contributed by atoms with Gasteiger partial charge in [0.25, 0.3) is 15.9 Å². The molecule has 3 aromatic carbocycles. The number of nitrogens with one attached hydrogen (secondary N) is 1. The number of rotatable bonds is 9. The normalized spacial score (nSPS) is 11.1. The first-order valence-electron chi connectivity index (χ1n) is 10.5. The summed E-state index contributed by atoms with van der Waals surface area (Å²) in [5.74, 6) is 0.124. The maximum atomic E-state index is 13.5. The Morgan fingerprint density at radius 3 is 2.49 bits per heavy atom. The molecule has 8 nitrogen and oxygen atoms in total. The van der Waals surface area contributed by atoms with Gasteiger partial charge in [0.05, 0.1) is 23.3 Å². The number of nitrogens with zero attached hydrogens (tertiary/aromatic N) is 3. The SMILES string of the molecule is COc1ccc(Cl)cc1C(=O)NCCc1ccc(S(=O)(=O)N(c2ccccc2)c2nncs2)cc1. The Morgan fingerprint density at radius 1 is 1.09 bits per heavy atom. The van der Waals surface area contributed by atoms with Gasteiger partial charge in [-0.2, -0.15) is 0 Å². The number of sulfonamides is 1. The van der Waals surface area contributed by atoms with Crippen molar-refractivity contribution in [3.8, 4) is 5.75 Å². The maximum absolute atomic E-state index is 13.5. The number of carbonyl (C=O) groups excluding carboxylic acids is 1. The highest BCUT2D eigenvalue weighted by molar-refractivity contribution is 7.93. The lowest BCUT2D eigenvalue weighted by Gasteiger charge is -2.21. The van der Waals surface area contributed by atoms with Gasteiger partial charge in [-0.25, -0.2) is 12.7 Å². The third kappa shape index (κ3) is 5.61. The van der Waals surface area contributed by atoms with E-state index < -0.39 is 10.0 Å². The number of hydrogen-bond acceptors (Lipinski definition) is 7. The highest BCUT2D eigenvalue weighted by atomic mass is 35.5. The van der Waals surface area contributed by atoms with Gasteiger partial charge >= 0.3 is 0 Å². The van der Waals surface area contributed by atoms with E-state index in [1.807, 2.05) is 6.07 Å². The summed E-state index contributed by atoms with van der Waals surface area (Å²) in [6.07, 6.45) is 0.508. The molecule has 0 saturated carbocycles. The fraction of sp³-hybridized carbons (Fsp3) is 0.125. The molecule has 0 bridgehead atoms. The molecular formula is C24H21ClN4O4S2. The Bertz CT molecular complexity index is 1400. The van der Waals surface area contributed by atoms with Gasteiger partial charge in [0.15, 0.2) is 0 Å². The van der Waals surface area contributed by atoms with Crippen molar-refractivity contribution in [1.29, 1.82) is 0 Å². The number of halogens is 1. The number of methoxy groups -OCH3 is 1. The first-order chi connectivity index (χ1) is 16.9. The van der Waals surface area contributed by atoms with E-state index in [0.29, 0.717) is 35.0 Å². The number of aromatic nitrogens is 2. The highest BCUT2D eigenvalue weighted by Crippen LogP contribution is 2.33. The first kappa shape index (κ1) is 24.6. The lowest BCUT2D eigenvalue weighted by molar-refractivity contribution is 0.0951. The molecule has 1 amide bonds. The van der Waals surface area contributed by atoms with E-state index in [9.17, 15) is 13.2 Å². The molecule has 0 unspecified atom stereocenters. The number of anilines is 2. The van der Waals surface area contributed by atoms with E-state index in [-0.39, 0.29) is 15.9 Å². The van der Waals surface area contributed by atoms with Gasteiger partial charge in [0.2, 0.25) is 5.13 Å². The second-order valence-electron chi connectivity index (χ2n) is 7.32. The van der Waals surface area contributed by atoms with Crippen LogP contribution in [0.2, 0.25) is 5.02 Å². The van der Waals surface area contributed by atoms with E-state index in [1.54, 1.807) is 66.7 Å². The number of carbonyl (C=O) groups is 1. The molecule has 0 fully saturated rings. The number of para-hydroxylation sites is 1. The van der Waals surface area contributed by atoms with Crippen LogP contribution in [0.4, 0.5) is 10.8 Å². The van der Waals surface area contributed by atoms with E-state index in [1.165, 1.54) is 16.9 Å². The minimum absolute atomic E-state index is 0.119. The van der Waals surface area contributed by atoms with Crippen LogP contribution in [-0.2, 0) is 16.4 Å². The summed E-state index contributed by atoms with van der Waals surface area (Å²) < 4.78 is 33.4. The van der Waals surface area contributed by atoms with Crippen molar-refractivity contribution in [2.75, 3.05) is 18.0 Å². The summed E-state index contributed by atoms with van der Waals surface area (Å²) in [6.45, 7) is 0.349. The smallest absolute Gasteiger partial charge is 0.270 e. The molecule has 4 rings (SSSR count). The van der Waals surface area contributed by atoms with Crippen molar-refractivity contribution >= 4 is 49.7 Å². The lowest BCUT2D eigenvalue weighted by atomic mass is 10.1. The molecule has 1 heterocycles. The Hall–Kier alpha value is -3.47. The topological polar surface area (TPSA) is 101 Å². The zero-order chi connectivity index (χ0) is 24.8. The Morgan fingerprint density at radius 2 is 1.83 bits per heavy atom.